The van der Waals surface area contributed by atoms with E-state index in [2.05, 4.69) is 4.99 Å². The zero-order valence-corrected chi connectivity index (χ0v) is 19.8. The van der Waals surface area contributed by atoms with Gasteiger partial charge in [0.25, 0.3) is 11.4 Å². The zero-order valence-electron chi connectivity index (χ0n) is 19.8. The third-order valence-electron chi connectivity index (χ3n) is 4.94. The summed E-state index contributed by atoms with van der Waals surface area (Å²) in [6.45, 7) is -0.831. The molecule has 0 aromatic heterocycles. The number of carbonyl (C=O) groups excluding carboxylic acids is 2. The van der Waals surface area contributed by atoms with Gasteiger partial charge in [0.05, 0.1) is 9.85 Å². The molecule has 0 aliphatic carbocycles. The molecule has 1 atom stereocenters. The number of carboxylic acid groups (broad SMARTS) is 1. The van der Waals surface area contributed by atoms with Crippen molar-refractivity contribution >= 4 is 35.5 Å². The number of nitro groups is 2. The number of amides is 2. The summed E-state index contributed by atoms with van der Waals surface area (Å²) in [4.78, 5) is 62.0. The molecule has 2 amide bonds. The van der Waals surface area contributed by atoms with Crippen LogP contribution in [0.5, 0.6) is 0 Å². The second-order valence-corrected chi connectivity index (χ2v) is 7.63. The lowest BCUT2D eigenvalue weighted by Crippen LogP contribution is -2.49. The number of non-ortho nitro benzene ring substituents is 2. The maximum atomic E-state index is 12.8. The molecule has 0 spiro atoms. The van der Waals surface area contributed by atoms with Gasteiger partial charge >= 0.3 is 18.2 Å². The molecular weight excluding hydrogens is 508 g/mol. The molecule has 0 aliphatic rings. The number of guanidine groups is 1. The average molecular weight is 532 g/mol. The van der Waals surface area contributed by atoms with E-state index < -0.39 is 47.3 Å². The van der Waals surface area contributed by atoms with E-state index >= 15 is 0 Å². The van der Waals surface area contributed by atoms with Gasteiger partial charge in [0.2, 0.25) is 0 Å². The highest BCUT2D eigenvalue weighted by atomic mass is 16.6. The minimum atomic E-state index is -1.71. The summed E-state index contributed by atoms with van der Waals surface area (Å²) in [7, 11) is 0. The Morgan fingerprint density at radius 3 is 1.63 bits per heavy atom. The highest BCUT2D eigenvalue weighted by Crippen LogP contribution is 2.18. The number of nitrogens with two attached hydrogens (primary N) is 2. The van der Waals surface area contributed by atoms with Gasteiger partial charge in [0.15, 0.2) is 5.96 Å². The van der Waals surface area contributed by atoms with Crippen molar-refractivity contribution in [2.75, 3.05) is 6.54 Å². The molecule has 2 aromatic carbocycles. The Bertz CT molecular complexity index is 1120. The van der Waals surface area contributed by atoms with Crippen LogP contribution >= 0.6 is 0 Å². The fourth-order valence-corrected chi connectivity index (χ4v) is 3.04. The minimum absolute atomic E-state index is 0.0235. The Kier molecular flexibility index (Phi) is 10.4. The largest absolute Gasteiger partial charge is 0.480 e. The Hall–Kier alpha value is -5.28. The number of benzene rings is 2. The smallest absolute Gasteiger partial charge is 0.420 e. The van der Waals surface area contributed by atoms with Crippen molar-refractivity contribution in [3.05, 3.63) is 79.9 Å². The molecular formula is C22H24N6O10. The molecule has 0 unspecified atom stereocenters. The van der Waals surface area contributed by atoms with Gasteiger partial charge in [-0.1, -0.05) is 0 Å². The third-order valence-corrected chi connectivity index (χ3v) is 4.94. The molecule has 16 nitrogen and oxygen atoms in total. The summed E-state index contributed by atoms with van der Waals surface area (Å²) in [5.74, 6) is -1.76. The molecule has 2 aromatic rings. The van der Waals surface area contributed by atoms with Crippen molar-refractivity contribution in [3.63, 3.8) is 0 Å². The van der Waals surface area contributed by atoms with Crippen LogP contribution in [-0.2, 0) is 27.5 Å². The Morgan fingerprint density at radius 2 is 1.29 bits per heavy atom. The predicted octanol–water partition coefficient (Wildman–Crippen LogP) is 2.29. The molecule has 0 fully saturated rings. The zero-order chi connectivity index (χ0) is 28.2. The van der Waals surface area contributed by atoms with E-state index in [1.54, 1.807) is 0 Å². The molecule has 0 saturated heterocycles. The number of carboxylic acids is 1. The summed E-state index contributed by atoms with van der Waals surface area (Å²) in [5, 5.41) is 31.3. The Balaban J connectivity index is 2.18. The van der Waals surface area contributed by atoms with Crippen molar-refractivity contribution in [1.29, 1.82) is 0 Å². The molecule has 5 N–H and O–H groups in total. The van der Waals surface area contributed by atoms with E-state index in [1.165, 1.54) is 48.5 Å². The first kappa shape index (κ1) is 29.0. The quantitative estimate of drug-likeness (QED) is 0.117. The molecule has 0 heterocycles. The fourth-order valence-electron chi connectivity index (χ4n) is 3.04. The van der Waals surface area contributed by atoms with Crippen LogP contribution in [-0.4, -0.2) is 56.6 Å². The lowest BCUT2D eigenvalue weighted by atomic mass is 10.1. The summed E-state index contributed by atoms with van der Waals surface area (Å²) in [6, 6.07) is 8.33. The van der Waals surface area contributed by atoms with Crippen LogP contribution in [0.2, 0.25) is 0 Å². The molecule has 38 heavy (non-hydrogen) atoms. The molecule has 202 valence electrons. The molecule has 16 heteroatoms. The SMILES string of the molecule is NC(N)=NCCC[C@@H](C(=O)O)N(C(=O)OCc1ccc([N+](=O)[O-])cc1)C(=O)OCc1ccc([N+](=O)[O-])cc1. The van der Waals surface area contributed by atoms with Crippen molar-refractivity contribution in [1.82, 2.24) is 4.90 Å². The summed E-state index contributed by atoms with van der Waals surface area (Å²) >= 11 is 0. The first-order valence-corrected chi connectivity index (χ1v) is 10.9. The summed E-state index contributed by atoms with van der Waals surface area (Å²) < 4.78 is 10.2. The number of imide groups is 1. The van der Waals surface area contributed by atoms with Gasteiger partial charge in [0, 0.05) is 30.8 Å². The number of carbonyl (C=O) groups is 3. The summed E-state index contributed by atoms with van der Waals surface area (Å²) in [6.07, 6.45) is -2.85. The lowest BCUT2D eigenvalue weighted by molar-refractivity contribution is -0.385. The first-order valence-electron chi connectivity index (χ1n) is 10.9. The van der Waals surface area contributed by atoms with Crippen LogP contribution in [0.15, 0.2) is 53.5 Å². The number of aliphatic imine (C=N–C) groups is 1. The average Bonchev–Trinajstić information content (AvgIpc) is 2.87. The maximum absolute atomic E-state index is 12.8. The van der Waals surface area contributed by atoms with E-state index in [1.807, 2.05) is 0 Å². The lowest BCUT2D eigenvalue weighted by Gasteiger charge is -2.25. The van der Waals surface area contributed by atoms with E-state index in [4.69, 9.17) is 20.9 Å². The standard InChI is InChI=1S/C22H24N6O10/c23-20(24)25-11-1-2-18(19(29)30)26(21(31)37-12-14-3-7-16(8-4-14)27(33)34)22(32)38-13-15-5-9-17(10-6-15)28(35)36/h3-10,18H,1-2,11-13H2,(H,29,30)(H4,23,24,25)/t18-/m0/s1. The van der Waals surface area contributed by atoms with Crippen molar-refractivity contribution in [3.8, 4) is 0 Å². The normalized spacial score (nSPS) is 11.1. The van der Waals surface area contributed by atoms with E-state index in [0.29, 0.717) is 11.1 Å². The first-order chi connectivity index (χ1) is 18.0. The highest BCUT2D eigenvalue weighted by Gasteiger charge is 2.37. The van der Waals surface area contributed by atoms with Gasteiger partial charge in [-0.25, -0.2) is 14.4 Å². The molecule has 0 radical (unpaired) electrons. The van der Waals surface area contributed by atoms with Crippen LogP contribution in [0.25, 0.3) is 0 Å². The predicted molar refractivity (Wildman–Crippen MR) is 130 cm³/mol. The van der Waals surface area contributed by atoms with Crippen LogP contribution in [0, 0.1) is 20.2 Å². The molecule has 0 bridgehead atoms. The second-order valence-electron chi connectivity index (χ2n) is 7.63. The van der Waals surface area contributed by atoms with Crippen molar-refractivity contribution < 1.29 is 38.8 Å². The molecule has 0 saturated carbocycles. The van der Waals surface area contributed by atoms with Crippen molar-refractivity contribution in [2.45, 2.75) is 32.1 Å². The number of nitrogens with zero attached hydrogens (tertiary/aromatic N) is 4. The van der Waals surface area contributed by atoms with Gasteiger partial charge in [0.1, 0.15) is 19.3 Å². The third kappa shape index (κ3) is 8.74. The van der Waals surface area contributed by atoms with Crippen LogP contribution in [0.4, 0.5) is 21.0 Å². The van der Waals surface area contributed by atoms with Crippen molar-refractivity contribution in [2.24, 2.45) is 16.5 Å². The van der Waals surface area contributed by atoms with Gasteiger partial charge < -0.3 is 26.0 Å². The minimum Gasteiger partial charge on any atom is -0.480 e. The van der Waals surface area contributed by atoms with E-state index in [9.17, 15) is 39.7 Å². The second kappa shape index (κ2) is 13.7. The Morgan fingerprint density at radius 1 is 0.868 bits per heavy atom. The van der Waals surface area contributed by atoms with Gasteiger partial charge in [-0.3, -0.25) is 25.2 Å². The highest BCUT2D eigenvalue weighted by molar-refractivity contribution is 5.93. The number of ether oxygens (including phenoxy) is 2. The number of rotatable bonds is 12. The number of hydrogen-bond acceptors (Lipinski definition) is 10. The van der Waals surface area contributed by atoms with Crippen LogP contribution < -0.4 is 11.5 Å². The molecule has 0 aliphatic heterocycles. The van der Waals surface area contributed by atoms with E-state index in [-0.39, 0.29) is 41.6 Å². The number of nitro benzene ring substituents is 2. The monoisotopic (exact) mass is 532 g/mol. The van der Waals surface area contributed by atoms with Crippen LogP contribution in [0.3, 0.4) is 0 Å². The van der Waals surface area contributed by atoms with E-state index in [0.717, 1.165) is 0 Å². The van der Waals surface area contributed by atoms with Gasteiger partial charge in [-0.15, -0.1) is 0 Å². The number of aliphatic carboxylic acids is 1. The topological polar surface area (TPSA) is 244 Å². The van der Waals surface area contributed by atoms with Gasteiger partial charge in [-0.2, -0.15) is 4.90 Å². The molecule has 2 rings (SSSR count). The Labute approximate surface area is 214 Å². The van der Waals surface area contributed by atoms with Gasteiger partial charge in [-0.05, 0) is 48.2 Å². The fraction of sp³-hybridized carbons (Fsp3) is 0.273. The maximum Gasteiger partial charge on any atom is 0.420 e. The summed E-state index contributed by atoms with van der Waals surface area (Å²) in [5.41, 5.74) is 10.8. The number of hydrogen-bond donors (Lipinski definition) is 3. The van der Waals surface area contributed by atoms with Crippen LogP contribution in [0.1, 0.15) is 24.0 Å².